The van der Waals surface area contributed by atoms with Crippen LogP contribution in [0.5, 0.6) is 5.75 Å². The van der Waals surface area contributed by atoms with Gasteiger partial charge < -0.3 is 15.2 Å². The Labute approximate surface area is 172 Å². The van der Waals surface area contributed by atoms with Crippen molar-refractivity contribution in [2.45, 2.75) is 26.9 Å². The smallest absolute Gasteiger partial charge is 0.335 e. The molecule has 2 N–H and O–H groups in total. The molecule has 0 aliphatic carbocycles. The molecule has 0 saturated heterocycles. The van der Waals surface area contributed by atoms with E-state index in [9.17, 15) is 14.4 Å². The molecule has 6 nitrogen and oxygen atoms in total. The number of benzene rings is 2. The highest BCUT2D eigenvalue weighted by Crippen LogP contribution is 2.27. The fourth-order valence-electron chi connectivity index (χ4n) is 2.22. The molecule has 0 bridgehead atoms. The fourth-order valence-corrected chi connectivity index (χ4v) is 2.68. The third kappa shape index (κ3) is 5.47. The van der Waals surface area contributed by atoms with E-state index >= 15 is 0 Å². The Balaban J connectivity index is 2.29. The lowest BCUT2D eigenvalue weighted by molar-refractivity contribution is -0.140. The predicted molar refractivity (Wildman–Crippen MR) is 107 cm³/mol. The van der Waals surface area contributed by atoms with E-state index in [1.165, 1.54) is 36.4 Å². The van der Waals surface area contributed by atoms with Gasteiger partial charge in [0, 0.05) is 10.4 Å². The average molecular weight is 424 g/mol. The zero-order valence-electron chi connectivity index (χ0n) is 15.5. The number of carbonyl (C=O) groups excluding carboxylic acids is 2. The zero-order chi connectivity index (χ0) is 21.1. The van der Waals surface area contributed by atoms with Crippen LogP contribution in [-0.4, -0.2) is 28.9 Å². The van der Waals surface area contributed by atoms with Gasteiger partial charge in [-0.05, 0) is 42.5 Å². The number of hydrogen-bond acceptors (Lipinski definition) is 4. The van der Waals surface area contributed by atoms with Crippen molar-refractivity contribution >= 4 is 46.5 Å². The van der Waals surface area contributed by atoms with Crippen molar-refractivity contribution in [3.8, 4) is 5.75 Å². The molecule has 0 unspecified atom stereocenters. The van der Waals surface area contributed by atoms with Gasteiger partial charge in [-0.2, -0.15) is 0 Å². The Hall–Kier alpha value is -2.57. The van der Waals surface area contributed by atoms with Gasteiger partial charge >= 0.3 is 5.97 Å². The number of aromatic carboxylic acids is 1. The first kappa shape index (κ1) is 21.7. The lowest BCUT2D eigenvalue weighted by Crippen LogP contribution is -2.45. The summed E-state index contributed by atoms with van der Waals surface area (Å²) in [7, 11) is 0. The number of nitrogens with one attached hydrogen (secondary N) is 1. The van der Waals surface area contributed by atoms with Crippen LogP contribution in [0.4, 0.5) is 5.69 Å². The van der Waals surface area contributed by atoms with Gasteiger partial charge in [-0.25, -0.2) is 4.79 Å². The quantitative estimate of drug-likeness (QED) is 0.657. The molecule has 0 aliphatic heterocycles. The Bertz CT molecular complexity index is 904. The number of rotatable bonds is 6. The van der Waals surface area contributed by atoms with Crippen molar-refractivity contribution in [1.29, 1.82) is 0 Å². The number of carboxylic acid groups (broad SMARTS) is 1. The number of Topliss-reactive ketones (excluding diaryl/α,β-unsaturated/α-hetero) is 1. The SMILES string of the molecule is CC(C)(C)C(=O)[C@@H](Oc1ccc(C(=O)O)cc1)C(=O)Nc1ccc(Cl)cc1Cl. The van der Waals surface area contributed by atoms with Crippen LogP contribution in [0.2, 0.25) is 10.0 Å². The minimum Gasteiger partial charge on any atom is -0.478 e. The van der Waals surface area contributed by atoms with Crippen molar-refractivity contribution in [1.82, 2.24) is 0 Å². The number of carboxylic acids is 1. The Morgan fingerprint density at radius 1 is 1.04 bits per heavy atom. The summed E-state index contributed by atoms with van der Waals surface area (Å²) in [6.07, 6.45) is -1.46. The van der Waals surface area contributed by atoms with Gasteiger partial charge in [0.1, 0.15) is 5.75 Å². The first-order chi connectivity index (χ1) is 13.0. The molecule has 0 aliphatic rings. The van der Waals surface area contributed by atoms with Gasteiger partial charge in [0.2, 0.25) is 6.10 Å². The van der Waals surface area contributed by atoms with Gasteiger partial charge in [0.15, 0.2) is 5.78 Å². The number of amides is 1. The summed E-state index contributed by atoms with van der Waals surface area (Å²) in [5.41, 5.74) is -0.511. The molecule has 0 radical (unpaired) electrons. The molecule has 2 aromatic carbocycles. The summed E-state index contributed by atoms with van der Waals surface area (Å²) < 4.78 is 5.61. The maximum atomic E-state index is 12.8. The number of carbonyl (C=O) groups is 3. The highest BCUT2D eigenvalue weighted by atomic mass is 35.5. The van der Waals surface area contributed by atoms with Crippen LogP contribution >= 0.6 is 23.2 Å². The van der Waals surface area contributed by atoms with Crippen molar-refractivity contribution in [3.63, 3.8) is 0 Å². The van der Waals surface area contributed by atoms with Gasteiger partial charge in [-0.1, -0.05) is 44.0 Å². The van der Waals surface area contributed by atoms with E-state index in [0.29, 0.717) is 5.02 Å². The Kier molecular flexibility index (Phi) is 6.69. The minimum absolute atomic E-state index is 0.0587. The van der Waals surface area contributed by atoms with Crippen LogP contribution < -0.4 is 10.1 Å². The molecular formula is C20H19Cl2NO5. The Morgan fingerprint density at radius 2 is 1.64 bits per heavy atom. The van der Waals surface area contributed by atoms with E-state index in [0.717, 1.165) is 0 Å². The maximum absolute atomic E-state index is 12.8. The molecule has 2 aromatic rings. The highest BCUT2D eigenvalue weighted by molar-refractivity contribution is 6.36. The normalized spacial score (nSPS) is 12.2. The summed E-state index contributed by atoms with van der Waals surface area (Å²) >= 11 is 11.9. The van der Waals surface area contributed by atoms with Crippen LogP contribution in [0, 0.1) is 5.41 Å². The molecule has 28 heavy (non-hydrogen) atoms. The van der Waals surface area contributed by atoms with E-state index in [2.05, 4.69) is 5.32 Å². The molecule has 0 saturated carbocycles. The fraction of sp³-hybridized carbons (Fsp3) is 0.250. The van der Waals surface area contributed by atoms with Crippen LogP contribution in [0.1, 0.15) is 31.1 Å². The minimum atomic E-state index is -1.46. The van der Waals surface area contributed by atoms with Gasteiger partial charge in [0.05, 0.1) is 16.3 Å². The van der Waals surface area contributed by atoms with E-state index < -0.39 is 29.2 Å². The molecule has 1 atom stereocenters. The summed E-state index contributed by atoms with van der Waals surface area (Å²) in [6.45, 7) is 5.01. The second-order valence-corrected chi connectivity index (χ2v) is 7.90. The van der Waals surface area contributed by atoms with Crippen molar-refractivity contribution in [3.05, 3.63) is 58.1 Å². The van der Waals surface area contributed by atoms with Crippen molar-refractivity contribution < 1.29 is 24.2 Å². The molecule has 0 heterocycles. The van der Waals surface area contributed by atoms with Crippen LogP contribution in [-0.2, 0) is 9.59 Å². The molecule has 148 valence electrons. The second-order valence-electron chi connectivity index (χ2n) is 7.06. The Morgan fingerprint density at radius 3 is 2.14 bits per heavy atom. The number of hydrogen-bond donors (Lipinski definition) is 2. The molecule has 0 spiro atoms. The topological polar surface area (TPSA) is 92.7 Å². The predicted octanol–water partition coefficient (Wildman–Crippen LogP) is 4.69. The molecule has 8 heteroatoms. The largest absolute Gasteiger partial charge is 0.478 e. The lowest BCUT2D eigenvalue weighted by Gasteiger charge is -2.25. The molecule has 1 amide bonds. The average Bonchev–Trinajstić information content (AvgIpc) is 2.61. The van der Waals surface area contributed by atoms with Crippen molar-refractivity contribution in [2.75, 3.05) is 5.32 Å². The van der Waals surface area contributed by atoms with Gasteiger partial charge in [0.25, 0.3) is 5.91 Å². The van der Waals surface area contributed by atoms with Gasteiger partial charge in [-0.15, -0.1) is 0 Å². The number of ether oxygens (including phenoxy) is 1. The van der Waals surface area contributed by atoms with Gasteiger partial charge in [-0.3, -0.25) is 9.59 Å². The van der Waals surface area contributed by atoms with E-state index in [-0.39, 0.29) is 22.0 Å². The second kappa shape index (κ2) is 8.63. The summed E-state index contributed by atoms with van der Waals surface area (Å²) in [6, 6.07) is 9.95. The third-order valence-corrected chi connectivity index (χ3v) is 4.31. The summed E-state index contributed by atoms with van der Waals surface area (Å²) in [5, 5.41) is 12.2. The zero-order valence-corrected chi connectivity index (χ0v) is 17.0. The van der Waals surface area contributed by atoms with Crippen LogP contribution in [0.3, 0.4) is 0 Å². The highest BCUT2D eigenvalue weighted by Gasteiger charge is 2.37. The summed E-state index contributed by atoms with van der Waals surface area (Å²) in [4.78, 5) is 36.5. The maximum Gasteiger partial charge on any atom is 0.335 e. The van der Waals surface area contributed by atoms with E-state index in [1.54, 1.807) is 26.8 Å². The monoisotopic (exact) mass is 423 g/mol. The number of halogens is 2. The number of anilines is 1. The third-order valence-electron chi connectivity index (χ3n) is 3.76. The summed E-state index contributed by atoms with van der Waals surface area (Å²) in [5.74, 6) is -2.06. The van der Waals surface area contributed by atoms with Crippen molar-refractivity contribution in [2.24, 2.45) is 5.41 Å². The number of ketones is 1. The van der Waals surface area contributed by atoms with E-state index in [4.69, 9.17) is 33.0 Å². The molecular weight excluding hydrogens is 405 g/mol. The first-order valence-corrected chi connectivity index (χ1v) is 9.05. The standard InChI is InChI=1S/C20H19Cl2NO5/c1-20(2,3)17(24)16(28-13-7-4-11(5-8-13)19(26)27)18(25)23-15-9-6-12(21)10-14(15)22/h4-10,16H,1-3H3,(H,23,25)(H,26,27)/t16-/m1/s1. The molecule has 0 aromatic heterocycles. The first-order valence-electron chi connectivity index (χ1n) is 8.29. The lowest BCUT2D eigenvalue weighted by atomic mass is 9.87. The van der Waals surface area contributed by atoms with Crippen LogP contribution in [0.25, 0.3) is 0 Å². The molecule has 0 fully saturated rings. The molecule has 2 rings (SSSR count). The van der Waals surface area contributed by atoms with E-state index in [1.807, 2.05) is 0 Å². The van der Waals surface area contributed by atoms with Crippen LogP contribution in [0.15, 0.2) is 42.5 Å².